The van der Waals surface area contributed by atoms with E-state index in [9.17, 15) is 14.7 Å². The van der Waals surface area contributed by atoms with E-state index in [0.29, 0.717) is 11.4 Å². The van der Waals surface area contributed by atoms with Gasteiger partial charge in [0.2, 0.25) is 5.91 Å². The van der Waals surface area contributed by atoms with Gasteiger partial charge in [0.05, 0.1) is 18.7 Å². The fourth-order valence-electron chi connectivity index (χ4n) is 1.97. The third kappa shape index (κ3) is 1.92. The van der Waals surface area contributed by atoms with Crippen molar-refractivity contribution in [2.45, 2.75) is 25.8 Å². The lowest BCUT2D eigenvalue weighted by Crippen LogP contribution is -2.53. The van der Waals surface area contributed by atoms with E-state index in [2.05, 4.69) is 0 Å². The smallest absolute Gasteiger partial charge is 0.329 e. The molecule has 1 aliphatic heterocycles. The number of aliphatic carboxylic acids is 1. The molecule has 1 heterocycles. The number of benzene rings is 1. The minimum Gasteiger partial charge on any atom is -0.491 e. The van der Waals surface area contributed by atoms with Crippen LogP contribution in [0, 0.1) is 0 Å². The second-order valence-electron chi connectivity index (χ2n) is 4.66. The van der Waals surface area contributed by atoms with Gasteiger partial charge in [0.15, 0.2) is 0 Å². The van der Waals surface area contributed by atoms with Gasteiger partial charge in [-0.15, -0.1) is 0 Å². The van der Waals surface area contributed by atoms with E-state index in [0.717, 1.165) is 0 Å². The first-order chi connectivity index (χ1) is 8.44. The second kappa shape index (κ2) is 4.33. The zero-order chi connectivity index (χ0) is 13.3. The van der Waals surface area contributed by atoms with Gasteiger partial charge in [-0.1, -0.05) is 12.1 Å². The Morgan fingerprint density at radius 3 is 2.72 bits per heavy atom. The summed E-state index contributed by atoms with van der Waals surface area (Å²) >= 11 is 0. The lowest BCUT2D eigenvalue weighted by molar-refractivity contribution is -0.143. The van der Waals surface area contributed by atoms with Crippen LogP contribution in [-0.2, 0) is 9.59 Å². The van der Waals surface area contributed by atoms with Crippen LogP contribution in [0.5, 0.6) is 5.75 Å². The molecule has 5 nitrogen and oxygen atoms in total. The Bertz CT molecular complexity index is 496. The minimum absolute atomic E-state index is 0.172. The number of anilines is 1. The predicted molar refractivity (Wildman–Crippen MR) is 65.8 cm³/mol. The van der Waals surface area contributed by atoms with Crippen molar-refractivity contribution in [3.8, 4) is 5.75 Å². The third-order valence-corrected chi connectivity index (χ3v) is 3.01. The molecule has 1 aromatic carbocycles. The molecule has 1 amide bonds. The van der Waals surface area contributed by atoms with Gasteiger partial charge in [-0.2, -0.15) is 0 Å². The van der Waals surface area contributed by atoms with Crippen molar-refractivity contribution < 1.29 is 19.4 Å². The van der Waals surface area contributed by atoms with Gasteiger partial charge < -0.3 is 9.84 Å². The van der Waals surface area contributed by atoms with E-state index in [1.807, 2.05) is 0 Å². The largest absolute Gasteiger partial charge is 0.491 e. The van der Waals surface area contributed by atoms with E-state index in [4.69, 9.17) is 4.74 Å². The van der Waals surface area contributed by atoms with Crippen LogP contribution in [0.2, 0.25) is 0 Å². The molecular weight excluding hydrogens is 234 g/mol. The lowest BCUT2D eigenvalue weighted by Gasteiger charge is -2.34. The van der Waals surface area contributed by atoms with Crippen LogP contribution in [0.4, 0.5) is 5.69 Å². The van der Waals surface area contributed by atoms with Gasteiger partial charge in [-0.3, -0.25) is 9.69 Å². The highest BCUT2D eigenvalue weighted by molar-refractivity contribution is 6.02. The van der Waals surface area contributed by atoms with Crippen LogP contribution < -0.4 is 9.64 Å². The number of hydrogen-bond acceptors (Lipinski definition) is 3. The summed E-state index contributed by atoms with van der Waals surface area (Å²) in [6.07, 6.45) is 0.172. The van der Waals surface area contributed by atoms with Gasteiger partial charge in [-0.05, 0) is 26.0 Å². The molecule has 0 atom stereocenters. The summed E-state index contributed by atoms with van der Waals surface area (Å²) in [5, 5.41) is 9.29. The molecule has 18 heavy (non-hydrogen) atoms. The number of nitrogens with zero attached hydrogens (tertiary/aromatic N) is 1. The van der Waals surface area contributed by atoms with Crippen LogP contribution in [0.15, 0.2) is 24.3 Å². The Labute approximate surface area is 105 Å². The number of para-hydroxylation sites is 2. The van der Waals surface area contributed by atoms with E-state index in [1.54, 1.807) is 24.3 Å². The maximum Gasteiger partial charge on any atom is 0.329 e. The Kier molecular flexibility index (Phi) is 2.98. The van der Waals surface area contributed by atoms with E-state index in [-0.39, 0.29) is 18.9 Å². The molecule has 0 unspecified atom stereocenters. The van der Waals surface area contributed by atoms with Crippen molar-refractivity contribution in [1.29, 1.82) is 0 Å². The van der Waals surface area contributed by atoms with Gasteiger partial charge in [0.25, 0.3) is 0 Å². The topological polar surface area (TPSA) is 66.8 Å². The average molecular weight is 249 g/mol. The van der Waals surface area contributed by atoms with Crippen molar-refractivity contribution >= 4 is 17.6 Å². The Hall–Kier alpha value is -2.04. The summed E-state index contributed by atoms with van der Waals surface area (Å²) in [7, 11) is 0. The maximum absolute atomic E-state index is 12.1. The zero-order valence-electron chi connectivity index (χ0n) is 10.3. The quantitative estimate of drug-likeness (QED) is 0.865. The highest BCUT2D eigenvalue weighted by atomic mass is 16.5. The second-order valence-corrected chi connectivity index (χ2v) is 4.66. The summed E-state index contributed by atoms with van der Waals surface area (Å²) in [4.78, 5) is 24.8. The molecule has 96 valence electrons. The van der Waals surface area contributed by atoms with Crippen LogP contribution >= 0.6 is 0 Å². The number of carboxylic acids is 1. The molecule has 0 bridgehead atoms. The highest BCUT2D eigenvalue weighted by Gasteiger charge is 2.40. The highest BCUT2D eigenvalue weighted by Crippen LogP contribution is 2.35. The predicted octanol–water partition coefficient (Wildman–Crippen LogP) is 1.67. The number of carbonyl (C=O) groups is 2. The fraction of sp³-hybridized carbons (Fsp3) is 0.385. The number of amides is 1. The number of fused-ring (bicyclic) bond motifs is 1. The monoisotopic (exact) mass is 249 g/mol. The first-order valence-corrected chi connectivity index (χ1v) is 5.73. The Morgan fingerprint density at radius 1 is 1.39 bits per heavy atom. The van der Waals surface area contributed by atoms with Gasteiger partial charge in [0.1, 0.15) is 11.3 Å². The van der Waals surface area contributed by atoms with Crippen LogP contribution in [0.25, 0.3) is 0 Å². The summed E-state index contributed by atoms with van der Waals surface area (Å²) < 4.78 is 5.47. The first-order valence-electron chi connectivity index (χ1n) is 5.73. The molecule has 1 aliphatic rings. The van der Waals surface area contributed by atoms with Crippen molar-refractivity contribution in [2.75, 3.05) is 11.5 Å². The van der Waals surface area contributed by atoms with Gasteiger partial charge in [-0.25, -0.2) is 4.79 Å². The lowest BCUT2D eigenvalue weighted by atomic mass is 10.0. The normalized spacial score (nSPS) is 15.7. The van der Waals surface area contributed by atoms with Crippen LogP contribution in [0.1, 0.15) is 20.3 Å². The molecule has 0 saturated carbocycles. The third-order valence-electron chi connectivity index (χ3n) is 3.01. The number of rotatable bonds is 2. The molecule has 1 aromatic rings. The van der Waals surface area contributed by atoms with Crippen molar-refractivity contribution in [2.24, 2.45) is 0 Å². The SMILES string of the molecule is CC(C)(C(=O)O)N1C(=O)CCOc2ccccc21. The van der Waals surface area contributed by atoms with E-state index >= 15 is 0 Å². The molecular formula is C13H15NO4. The number of ether oxygens (including phenoxy) is 1. The first kappa shape index (κ1) is 12.4. The molecule has 0 fully saturated rings. The summed E-state index contributed by atoms with van der Waals surface area (Å²) in [5.41, 5.74) is -0.798. The summed E-state index contributed by atoms with van der Waals surface area (Å²) in [5.74, 6) is -0.752. The van der Waals surface area contributed by atoms with Crippen molar-refractivity contribution in [3.63, 3.8) is 0 Å². The van der Waals surface area contributed by atoms with E-state index < -0.39 is 11.5 Å². The number of carbonyl (C=O) groups excluding carboxylic acids is 1. The van der Waals surface area contributed by atoms with Crippen molar-refractivity contribution in [3.05, 3.63) is 24.3 Å². The summed E-state index contributed by atoms with van der Waals surface area (Å²) in [6.45, 7) is 3.28. The number of hydrogen-bond donors (Lipinski definition) is 1. The Balaban J connectivity index is 2.56. The molecule has 0 aliphatic carbocycles. The average Bonchev–Trinajstić information content (AvgIpc) is 2.47. The van der Waals surface area contributed by atoms with Crippen molar-refractivity contribution in [1.82, 2.24) is 0 Å². The summed E-state index contributed by atoms with van der Waals surface area (Å²) in [6, 6.07) is 6.98. The maximum atomic E-state index is 12.1. The molecule has 0 radical (unpaired) electrons. The molecule has 2 rings (SSSR count). The molecule has 0 saturated heterocycles. The molecule has 0 spiro atoms. The molecule has 0 aromatic heterocycles. The zero-order valence-corrected chi connectivity index (χ0v) is 10.3. The Morgan fingerprint density at radius 2 is 2.06 bits per heavy atom. The van der Waals surface area contributed by atoms with Gasteiger partial charge >= 0.3 is 5.97 Å². The van der Waals surface area contributed by atoms with Gasteiger partial charge in [0, 0.05) is 0 Å². The minimum atomic E-state index is -1.30. The van der Waals surface area contributed by atoms with Crippen LogP contribution in [0.3, 0.4) is 0 Å². The molecule has 5 heteroatoms. The van der Waals surface area contributed by atoms with Crippen LogP contribution in [-0.4, -0.2) is 29.1 Å². The fourth-order valence-corrected chi connectivity index (χ4v) is 1.97. The standard InChI is InChI=1S/C13H15NO4/c1-13(2,12(16)17)14-9-5-3-4-6-10(9)18-8-7-11(14)15/h3-6H,7-8H2,1-2H3,(H,16,17). The number of carboxylic acid groups (broad SMARTS) is 1. The molecule has 1 N–H and O–H groups in total. The van der Waals surface area contributed by atoms with E-state index in [1.165, 1.54) is 18.7 Å².